The summed E-state index contributed by atoms with van der Waals surface area (Å²) in [5, 5.41) is 29.4. The van der Waals surface area contributed by atoms with Crippen LogP contribution in [-0.4, -0.2) is 0 Å². The van der Waals surface area contributed by atoms with Crippen molar-refractivity contribution in [2.24, 2.45) is 17.1 Å². The molecule has 118 valence electrons. The summed E-state index contributed by atoms with van der Waals surface area (Å²) in [6.45, 7) is 0. The fraction of sp³-hybridized carbons (Fsp3) is 0.316. The summed E-state index contributed by atoms with van der Waals surface area (Å²) >= 11 is 3.41. The second-order valence-electron chi connectivity index (χ2n) is 6.16. The van der Waals surface area contributed by atoms with E-state index in [1.807, 2.05) is 24.3 Å². The average Bonchev–Trinajstić information content (AvgIpc) is 2.62. The van der Waals surface area contributed by atoms with E-state index in [1.165, 1.54) is 0 Å². The van der Waals surface area contributed by atoms with Crippen molar-refractivity contribution in [2.75, 3.05) is 0 Å². The van der Waals surface area contributed by atoms with Gasteiger partial charge >= 0.3 is 0 Å². The van der Waals surface area contributed by atoms with E-state index >= 15 is 0 Å². The molecule has 2 N–H and O–H groups in total. The average molecular weight is 379 g/mol. The summed E-state index contributed by atoms with van der Waals surface area (Å²) in [4.78, 5) is 0. The Hall–Kier alpha value is -2.55. The fourth-order valence-corrected chi connectivity index (χ4v) is 4.21. The fourth-order valence-electron chi connectivity index (χ4n) is 3.95. The van der Waals surface area contributed by atoms with E-state index in [1.54, 1.807) is 0 Å². The van der Waals surface area contributed by atoms with E-state index in [2.05, 4.69) is 40.2 Å². The van der Waals surface area contributed by atoms with Gasteiger partial charge in [0.1, 0.15) is 0 Å². The number of hydrogen-bond acceptors (Lipinski definition) is 4. The van der Waals surface area contributed by atoms with Crippen LogP contribution >= 0.6 is 15.9 Å². The van der Waals surface area contributed by atoms with Crippen LogP contribution in [0.15, 0.2) is 51.7 Å². The highest BCUT2D eigenvalue weighted by Gasteiger charge is 2.54. The van der Waals surface area contributed by atoms with Crippen LogP contribution in [0.2, 0.25) is 0 Å². The molecule has 0 spiro atoms. The Balaban J connectivity index is 2.32. The molecule has 1 aromatic carbocycles. The topological polar surface area (TPSA) is 97.4 Å². The Kier molecular flexibility index (Phi) is 4.18. The Bertz CT molecular complexity index is 845. The quantitative estimate of drug-likeness (QED) is 0.796. The summed E-state index contributed by atoms with van der Waals surface area (Å²) < 4.78 is 0.927. The normalized spacial score (nSPS) is 24.8. The Morgan fingerprint density at radius 1 is 1.12 bits per heavy atom. The van der Waals surface area contributed by atoms with Crippen molar-refractivity contribution in [1.29, 1.82) is 15.8 Å². The molecule has 5 heteroatoms. The van der Waals surface area contributed by atoms with Crippen molar-refractivity contribution >= 4 is 15.9 Å². The number of nitriles is 3. The molecule has 1 aromatic rings. The van der Waals surface area contributed by atoms with Crippen molar-refractivity contribution < 1.29 is 0 Å². The molecule has 0 unspecified atom stereocenters. The summed E-state index contributed by atoms with van der Waals surface area (Å²) in [6, 6.07) is 13.9. The molecule has 0 aromatic heterocycles. The molecule has 24 heavy (non-hydrogen) atoms. The first-order valence-electron chi connectivity index (χ1n) is 7.77. The Morgan fingerprint density at radius 3 is 2.38 bits per heavy atom. The maximum atomic E-state index is 9.90. The number of rotatable bonds is 1. The van der Waals surface area contributed by atoms with Crippen molar-refractivity contribution in [3.63, 3.8) is 0 Å². The molecule has 2 aliphatic rings. The van der Waals surface area contributed by atoms with E-state index < -0.39 is 11.3 Å². The zero-order valence-electron chi connectivity index (χ0n) is 13.0. The van der Waals surface area contributed by atoms with E-state index in [0.717, 1.165) is 34.9 Å². The first-order chi connectivity index (χ1) is 11.6. The number of hydrogen-bond donors (Lipinski definition) is 1. The molecule has 0 radical (unpaired) electrons. The first kappa shape index (κ1) is 16.3. The summed E-state index contributed by atoms with van der Waals surface area (Å²) in [7, 11) is 0. The number of fused-ring (bicyclic) bond motifs is 1. The largest absolute Gasteiger partial charge is 0.398 e. The van der Waals surface area contributed by atoms with Gasteiger partial charge in [0.15, 0.2) is 5.41 Å². The predicted molar refractivity (Wildman–Crippen MR) is 92.8 cm³/mol. The molecule has 3 rings (SSSR count). The van der Waals surface area contributed by atoms with Crippen LogP contribution in [0.1, 0.15) is 30.7 Å². The molecule has 4 nitrogen and oxygen atoms in total. The number of nitrogens with zero attached hydrogens (tertiary/aromatic N) is 3. The molecule has 0 bridgehead atoms. The molecule has 0 aliphatic heterocycles. The van der Waals surface area contributed by atoms with Crippen molar-refractivity contribution in [1.82, 2.24) is 0 Å². The highest BCUT2D eigenvalue weighted by Crippen LogP contribution is 2.56. The van der Waals surface area contributed by atoms with E-state index in [4.69, 9.17) is 5.73 Å². The summed E-state index contributed by atoms with van der Waals surface area (Å²) in [6.07, 6.45) is 4.82. The van der Waals surface area contributed by atoms with Gasteiger partial charge in [-0.3, -0.25) is 0 Å². The van der Waals surface area contributed by atoms with Gasteiger partial charge in [0.2, 0.25) is 0 Å². The molecule has 0 saturated heterocycles. The SMILES string of the molecule is N#CC1=C(N)C2=CCCC[C@@H]2[C@@H](c2ccc(Br)cc2)C1(C#N)C#N. The number of halogens is 1. The van der Waals surface area contributed by atoms with Gasteiger partial charge in [0.05, 0.1) is 29.5 Å². The highest BCUT2D eigenvalue weighted by molar-refractivity contribution is 9.10. The van der Waals surface area contributed by atoms with Gasteiger partial charge in [0.25, 0.3) is 0 Å². The Labute approximate surface area is 149 Å². The van der Waals surface area contributed by atoms with Gasteiger partial charge in [-0.05, 0) is 48.4 Å². The van der Waals surface area contributed by atoms with Crippen LogP contribution in [-0.2, 0) is 0 Å². The second kappa shape index (κ2) is 6.16. The van der Waals surface area contributed by atoms with Crippen LogP contribution in [0.25, 0.3) is 0 Å². The monoisotopic (exact) mass is 378 g/mol. The third kappa shape index (κ3) is 2.23. The standard InChI is InChI=1S/C19H15BrN4/c20-13-7-5-12(6-8-13)17-14-3-1-2-4-15(14)18(24)16(9-21)19(17,10-22)11-23/h4-8,14,17H,1-3,24H2/t14-,17+/m0/s1. The van der Waals surface area contributed by atoms with Crippen molar-refractivity contribution in [3.8, 4) is 18.2 Å². The lowest BCUT2D eigenvalue weighted by Gasteiger charge is -2.43. The van der Waals surface area contributed by atoms with Crippen molar-refractivity contribution in [3.05, 3.63) is 57.2 Å². The third-order valence-electron chi connectivity index (χ3n) is 5.02. The van der Waals surface area contributed by atoms with Crippen LogP contribution in [0.3, 0.4) is 0 Å². The van der Waals surface area contributed by atoms with Crippen LogP contribution in [0.5, 0.6) is 0 Å². The zero-order chi connectivity index (χ0) is 17.3. The number of benzene rings is 1. The van der Waals surface area contributed by atoms with Crippen LogP contribution in [0.4, 0.5) is 0 Å². The van der Waals surface area contributed by atoms with E-state index in [0.29, 0.717) is 5.70 Å². The summed E-state index contributed by atoms with van der Waals surface area (Å²) in [5.74, 6) is -0.412. The van der Waals surface area contributed by atoms with Gasteiger partial charge in [-0.15, -0.1) is 0 Å². The molecule has 2 atom stereocenters. The molecular formula is C19H15BrN4. The lowest BCUT2D eigenvalue weighted by atomic mass is 9.56. The molecule has 0 fully saturated rings. The maximum Gasteiger partial charge on any atom is 0.187 e. The number of allylic oxidation sites excluding steroid dienone is 3. The molecule has 2 aliphatic carbocycles. The van der Waals surface area contributed by atoms with Gasteiger partial charge in [-0.1, -0.05) is 34.1 Å². The minimum Gasteiger partial charge on any atom is -0.398 e. The predicted octanol–water partition coefficient (Wildman–Crippen LogP) is 4.04. The van der Waals surface area contributed by atoms with Gasteiger partial charge in [-0.2, -0.15) is 15.8 Å². The molecular weight excluding hydrogens is 364 g/mol. The number of nitrogens with two attached hydrogens (primary N) is 1. The molecule has 0 saturated carbocycles. The van der Waals surface area contributed by atoms with E-state index in [-0.39, 0.29) is 11.5 Å². The van der Waals surface area contributed by atoms with E-state index in [9.17, 15) is 15.8 Å². The lowest BCUT2D eigenvalue weighted by molar-refractivity contribution is 0.322. The Morgan fingerprint density at radius 2 is 1.79 bits per heavy atom. The summed E-state index contributed by atoms with van der Waals surface area (Å²) in [5.41, 5.74) is 6.88. The van der Waals surface area contributed by atoms with Crippen LogP contribution < -0.4 is 5.73 Å². The molecule has 0 heterocycles. The maximum absolute atomic E-state index is 9.90. The third-order valence-corrected chi connectivity index (χ3v) is 5.55. The lowest BCUT2D eigenvalue weighted by Crippen LogP contribution is -2.41. The van der Waals surface area contributed by atoms with Gasteiger partial charge in [-0.25, -0.2) is 0 Å². The van der Waals surface area contributed by atoms with Gasteiger partial charge < -0.3 is 5.73 Å². The second-order valence-corrected chi connectivity index (χ2v) is 7.07. The zero-order valence-corrected chi connectivity index (χ0v) is 14.5. The smallest absolute Gasteiger partial charge is 0.187 e. The van der Waals surface area contributed by atoms with Gasteiger partial charge in [0, 0.05) is 10.4 Å². The first-order valence-corrected chi connectivity index (χ1v) is 8.57. The van der Waals surface area contributed by atoms with Crippen molar-refractivity contribution in [2.45, 2.75) is 25.2 Å². The van der Waals surface area contributed by atoms with Crippen LogP contribution in [0, 0.1) is 45.3 Å². The minimum atomic E-state index is -1.55. The highest BCUT2D eigenvalue weighted by atomic mass is 79.9. The molecule has 0 amide bonds. The minimum absolute atomic E-state index is 0.0173.